The topological polar surface area (TPSA) is 69.7 Å². The summed E-state index contributed by atoms with van der Waals surface area (Å²) in [6.07, 6.45) is 1.10. The number of benzene rings is 2. The molecule has 0 saturated carbocycles. The van der Waals surface area contributed by atoms with Crippen molar-refractivity contribution in [1.29, 1.82) is 0 Å². The van der Waals surface area contributed by atoms with Crippen molar-refractivity contribution in [1.82, 2.24) is 15.1 Å². The van der Waals surface area contributed by atoms with E-state index in [4.69, 9.17) is 23.2 Å². The number of carbonyl (C=O) groups is 3. The lowest BCUT2D eigenvalue weighted by molar-refractivity contribution is -0.133. The summed E-state index contributed by atoms with van der Waals surface area (Å²) in [6, 6.07) is 13.4. The summed E-state index contributed by atoms with van der Waals surface area (Å²) in [5.41, 5.74) is 0.0920. The zero-order valence-electron chi connectivity index (χ0n) is 15.5. The third kappa shape index (κ3) is 3.70. The third-order valence-electron chi connectivity index (χ3n) is 5.38. The molecule has 0 aromatic heterocycles. The molecular formula is C21H19Cl2N3O3. The second kappa shape index (κ2) is 7.69. The van der Waals surface area contributed by atoms with Gasteiger partial charge in [0.2, 0.25) is 0 Å². The average Bonchev–Trinajstić information content (AvgIpc) is 2.93. The number of urea groups is 1. The molecule has 1 N–H and O–H groups in total. The molecule has 0 bridgehead atoms. The molecule has 4 rings (SSSR count). The predicted molar refractivity (Wildman–Crippen MR) is 110 cm³/mol. The van der Waals surface area contributed by atoms with E-state index in [9.17, 15) is 14.4 Å². The molecule has 0 radical (unpaired) electrons. The standard InChI is InChI=1S/C21H19Cl2N3O3/c22-15-8-6-14(7-9-15)12-26-19(28)21(24-20(26)29)10-3-11-25(13-21)18(27)16-4-1-2-5-17(16)23/h1-2,4-9H,3,10-13H2,(H,24,29)/t21-/m0/s1. The Morgan fingerprint density at radius 3 is 2.52 bits per heavy atom. The van der Waals surface area contributed by atoms with Gasteiger partial charge >= 0.3 is 6.03 Å². The van der Waals surface area contributed by atoms with Gasteiger partial charge in [-0.15, -0.1) is 0 Å². The van der Waals surface area contributed by atoms with Crippen LogP contribution in [0.25, 0.3) is 0 Å². The molecule has 1 spiro atoms. The van der Waals surface area contributed by atoms with Crippen molar-refractivity contribution >= 4 is 41.0 Å². The summed E-state index contributed by atoms with van der Waals surface area (Å²) in [5.74, 6) is -0.554. The molecule has 0 unspecified atom stereocenters. The van der Waals surface area contributed by atoms with Gasteiger partial charge in [-0.2, -0.15) is 0 Å². The largest absolute Gasteiger partial charge is 0.336 e. The van der Waals surface area contributed by atoms with E-state index < -0.39 is 11.6 Å². The molecule has 2 aliphatic heterocycles. The van der Waals surface area contributed by atoms with Crippen LogP contribution < -0.4 is 5.32 Å². The summed E-state index contributed by atoms with van der Waals surface area (Å²) in [5, 5.41) is 3.79. The summed E-state index contributed by atoms with van der Waals surface area (Å²) >= 11 is 12.1. The second-order valence-electron chi connectivity index (χ2n) is 7.34. The highest BCUT2D eigenvalue weighted by Crippen LogP contribution is 2.31. The maximum Gasteiger partial charge on any atom is 0.325 e. The van der Waals surface area contributed by atoms with Crippen LogP contribution in [-0.4, -0.2) is 46.3 Å². The van der Waals surface area contributed by atoms with Crippen molar-refractivity contribution in [2.75, 3.05) is 13.1 Å². The molecule has 8 heteroatoms. The lowest BCUT2D eigenvalue weighted by atomic mass is 9.88. The fourth-order valence-electron chi connectivity index (χ4n) is 3.90. The number of nitrogens with one attached hydrogen (secondary N) is 1. The van der Waals surface area contributed by atoms with E-state index >= 15 is 0 Å². The van der Waals surface area contributed by atoms with Crippen molar-refractivity contribution in [3.8, 4) is 0 Å². The van der Waals surface area contributed by atoms with E-state index in [0.717, 1.165) is 5.56 Å². The van der Waals surface area contributed by atoms with Crippen LogP contribution in [0.5, 0.6) is 0 Å². The monoisotopic (exact) mass is 431 g/mol. The van der Waals surface area contributed by atoms with Gasteiger partial charge in [0.25, 0.3) is 11.8 Å². The van der Waals surface area contributed by atoms with E-state index in [-0.39, 0.29) is 24.9 Å². The number of nitrogens with zero attached hydrogens (tertiary/aromatic N) is 2. The van der Waals surface area contributed by atoms with Crippen molar-refractivity contribution < 1.29 is 14.4 Å². The first-order chi connectivity index (χ1) is 13.9. The number of likely N-dealkylation sites (tertiary alicyclic amines) is 1. The number of piperidine rings is 1. The van der Waals surface area contributed by atoms with Crippen LogP contribution in [0.3, 0.4) is 0 Å². The highest BCUT2D eigenvalue weighted by molar-refractivity contribution is 6.33. The molecular weight excluding hydrogens is 413 g/mol. The summed E-state index contributed by atoms with van der Waals surface area (Å²) in [4.78, 5) is 41.5. The first kappa shape index (κ1) is 19.7. The van der Waals surface area contributed by atoms with Crippen molar-refractivity contribution in [3.63, 3.8) is 0 Å². The molecule has 0 aliphatic carbocycles. The van der Waals surface area contributed by atoms with E-state index in [0.29, 0.717) is 35.0 Å². The maximum absolute atomic E-state index is 13.2. The molecule has 2 heterocycles. The Kier molecular flexibility index (Phi) is 5.23. The van der Waals surface area contributed by atoms with Gasteiger partial charge in [-0.05, 0) is 42.7 Å². The average molecular weight is 432 g/mol. The number of carbonyl (C=O) groups excluding carboxylic acids is 3. The molecule has 2 saturated heterocycles. The Balaban J connectivity index is 1.54. The molecule has 2 fully saturated rings. The van der Waals surface area contributed by atoms with Crippen molar-refractivity contribution in [3.05, 3.63) is 69.7 Å². The van der Waals surface area contributed by atoms with Crippen LogP contribution in [0.4, 0.5) is 4.79 Å². The van der Waals surface area contributed by atoms with E-state index in [1.54, 1.807) is 53.4 Å². The number of amides is 4. The lowest BCUT2D eigenvalue weighted by Crippen LogP contribution is -2.59. The zero-order chi connectivity index (χ0) is 20.6. The van der Waals surface area contributed by atoms with Gasteiger partial charge in [0, 0.05) is 11.6 Å². The Hall–Kier alpha value is -2.57. The van der Waals surface area contributed by atoms with E-state index in [2.05, 4.69) is 5.32 Å². The van der Waals surface area contributed by atoms with Crippen LogP contribution in [0, 0.1) is 0 Å². The molecule has 2 aliphatic rings. The highest BCUT2D eigenvalue weighted by Gasteiger charge is 2.53. The minimum atomic E-state index is -1.10. The number of hydrogen-bond acceptors (Lipinski definition) is 3. The van der Waals surface area contributed by atoms with Crippen molar-refractivity contribution in [2.24, 2.45) is 0 Å². The van der Waals surface area contributed by atoms with Crippen molar-refractivity contribution in [2.45, 2.75) is 24.9 Å². The fraction of sp³-hybridized carbons (Fsp3) is 0.286. The Morgan fingerprint density at radius 2 is 1.79 bits per heavy atom. The number of halogens is 2. The van der Waals surface area contributed by atoms with Crippen LogP contribution in [0.1, 0.15) is 28.8 Å². The van der Waals surface area contributed by atoms with Gasteiger partial charge in [0.15, 0.2) is 0 Å². The Morgan fingerprint density at radius 1 is 1.07 bits per heavy atom. The molecule has 2 aromatic carbocycles. The summed E-state index contributed by atoms with van der Waals surface area (Å²) < 4.78 is 0. The van der Waals surface area contributed by atoms with Crippen LogP contribution in [-0.2, 0) is 11.3 Å². The minimum Gasteiger partial charge on any atom is -0.336 e. The van der Waals surface area contributed by atoms with Gasteiger partial charge in [0.05, 0.1) is 23.7 Å². The first-order valence-corrected chi connectivity index (χ1v) is 10.1. The Bertz CT molecular complexity index is 979. The summed E-state index contributed by atoms with van der Waals surface area (Å²) in [6.45, 7) is 0.785. The van der Waals surface area contributed by atoms with Gasteiger partial charge in [-0.3, -0.25) is 14.5 Å². The molecule has 6 nitrogen and oxygen atoms in total. The minimum absolute atomic E-state index is 0.124. The number of imide groups is 1. The van der Waals surface area contributed by atoms with E-state index in [1.165, 1.54) is 4.90 Å². The molecule has 1 atom stereocenters. The lowest BCUT2D eigenvalue weighted by Gasteiger charge is -2.38. The molecule has 29 heavy (non-hydrogen) atoms. The van der Waals surface area contributed by atoms with Crippen LogP contribution >= 0.6 is 23.2 Å². The number of rotatable bonds is 3. The Labute approximate surface area is 178 Å². The maximum atomic E-state index is 13.2. The van der Waals surface area contributed by atoms with Gasteiger partial charge in [0.1, 0.15) is 5.54 Å². The quantitative estimate of drug-likeness (QED) is 0.752. The smallest absolute Gasteiger partial charge is 0.325 e. The van der Waals surface area contributed by atoms with Crippen LogP contribution in [0.15, 0.2) is 48.5 Å². The van der Waals surface area contributed by atoms with E-state index in [1.807, 2.05) is 0 Å². The fourth-order valence-corrected chi connectivity index (χ4v) is 4.25. The molecule has 150 valence electrons. The SMILES string of the molecule is O=C(c1ccccc1Cl)N1CCC[C@@]2(C1)NC(=O)N(Cc1ccc(Cl)cc1)C2=O. The van der Waals surface area contributed by atoms with Gasteiger partial charge in [-0.1, -0.05) is 47.5 Å². The highest BCUT2D eigenvalue weighted by atomic mass is 35.5. The first-order valence-electron chi connectivity index (χ1n) is 9.32. The summed E-state index contributed by atoms with van der Waals surface area (Å²) in [7, 11) is 0. The zero-order valence-corrected chi connectivity index (χ0v) is 17.0. The van der Waals surface area contributed by atoms with Crippen LogP contribution in [0.2, 0.25) is 10.0 Å². The van der Waals surface area contributed by atoms with Gasteiger partial charge in [-0.25, -0.2) is 4.79 Å². The van der Waals surface area contributed by atoms with Gasteiger partial charge < -0.3 is 10.2 Å². The second-order valence-corrected chi connectivity index (χ2v) is 8.18. The molecule has 4 amide bonds. The predicted octanol–water partition coefficient (Wildman–Crippen LogP) is 3.72. The molecule has 2 aromatic rings. The third-order valence-corrected chi connectivity index (χ3v) is 5.97. The normalized spacial score (nSPS) is 21.6. The number of hydrogen-bond donors (Lipinski definition) is 1.